The molecule has 4 heteroatoms. The molecular weight excluding hydrogens is 204 g/mol. The van der Waals surface area contributed by atoms with Crippen LogP contribution in [0.15, 0.2) is 18.0 Å². The molecule has 2 N–H and O–H groups in total. The van der Waals surface area contributed by atoms with Gasteiger partial charge in [-0.25, -0.2) is 0 Å². The van der Waals surface area contributed by atoms with E-state index in [1.807, 2.05) is 0 Å². The fraction of sp³-hybridized carbons (Fsp3) is 0.667. The number of rotatable bonds is 4. The van der Waals surface area contributed by atoms with E-state index in [1.54, 1.807) is 0 Å². The molecule has 0 aromatic rings. The minimum atomic E-state index is -0.794. The quantitative estimate of drug-likeness (QED) is 0.701. The molecule has 0 amide bonds. The second-order valence-electron chi connectivity index (χ2n) is 4.51. The van der Waals surface area contributed by atoms with Gasteiger partial charge in [-0.15, -0.1) is 5.73 Å². The molecule has 0 aromatic heterocycles. The Morgan fingerprint density at radius 2 is 2.38 bits per heavy atom. The number of allylic oxidation sites excluding steroid dienone is 1. The number of nitrogens with zero attached hydrogens (tertiary/aromatic N) is 1. The summed E-state index contributed by atoms with van der Waals surface area (Å²) in [6, 6.07) is -0.482. The molecule has 1 aliphatic rings. The van der Waals surface area contributed by atoms with E-state index in [1.165, 1.54) is 0 Å². The third-order valence-electron chi connectivity index (χ3n) is 2.66. The van der Waals surface area contributed by atoms with Crippen LogP contribution in [0.5, 0.6) is 0 Å². The SMILES string of the molecule is C=C=C(CC(C)C)N1CCNC(C(=O)O)C1. The van der Waals surface area contributed by atoms with Crippen molar-refractivity contribution in [3.8, 4) is 0 Å². The maximum absolute atomic E-state index is 10.9. The van der Waals surface area contributed by atoms with Gasteiger partial charge in [0.15, 0.2) is 0 Å². The molecular formula is C12H20N2O2. The Bertz CT molecular complexity index is 306. The number of nitrogens with one attached hydrogen (secondary N) is 1. The van der Waals surface area contributed by atoms with E-state index in [-0.39, 0.29) is 0 Å². The van der Waals surface area contributed by atoms with Gasteiger partial charge >= 0.3 is 5.97 Å². The zero-order valence-electron chi connectivity index (χ0n) is 9.99. The molecule has 0 spiro atoms. The number of hydrogen-bond acceptors (Lipinski definition) is 3. The molecule has 1 fully saturated rings. The smallest absolute Gasteiger partial charge is 0.322 e. The van der Waals surface area contributed by atoms with E-state index in [4.69, 9.17) is 5.11 Å². The van der Waals surface area contributed by atoms with Crippen LogP contribution in [0, 0.1) is 5.92 Å². The summed E-state index contributed by atoms with van der Waals surface area (Å²) in [6.45, 7) is 9.98. The summed E-state index contributed by atoms with van der Waals surface area (Å²) in [6.07, 6.45) is 0.899. The maximum atomic E-state index is 10.9. The monoisotopic (exact) mass is 224 g/mol. The molecule has 0 aromatic carbocycles. The van der Waals surface area contributed by atoms with Crippen molar-refractivity contribution in [2.24, 2.45) is 5.92 Å². The predicted octanol–water partition coefficient (Wildman–Crippen LogP) is 1.06. The van der Waals surface area contributed by atoms with Gasteiger partial charge in [0.1, 0.15) is 6.04 Å². The topological polar surface area (TPSA) is 52.6 Å². The van der Waals surface area contributed by atoms with Crippen LogP contribution in [0.2, 0.25) is 0 Å². The zero-order chi connectivity index (χ0) is 12.1. The van der Waals surface area contributed by atoms with E-state index < -0.39 is 12.0 Å². The number of aliphatic carboxylic acids is 1. The van der Waals surface area contributed by atoms with Gasteiger partial charge in [0.25, 0.3) is 0 Å². The van der Waals surface area contributed by atoms with Crippen LogP contribution in [0.4, 0.5) is 0 Å². The molecule has 90 valence electrons. The van der Waals surface area contributed by atoms with Crippen LogP contribution in [-0.4, -0.2) is 41.7 Å². The van der Waals surface area contributed by atoms with Gasteiger partial charge in [-0.2, -0.15) is 0 Å². The van der Waals surface area contributed by atoms with Crippen molar-refractivity contribution < 1.29 is 9.90 Å². The summed E-state index contributed by atoms with van der Waals surface area (Å²) >= 11 is 0. The van der Waals surface area contributed by atoms with Gasteiger partial charge in [-0.1, -0.05) is 20.4 Å². The van der Waals surface area contributed by atoms with Crippen molar-refractivity contribution in [1.82, 2.24) is 10.2 Å². The van der Waals surface area contributed by atoms with E-state index in [0.717, 1.165) is 18.7 Å². The van der Waals surface area contributed by atoms with Crippen LogP contribution in [0.3, 0.4) is 0 Å². The zero-order valence-corrected chi connectivity index (χ0v) is 9.99. The van der Waals surface area contributed by atoms with Crippen molar-refractivity contribution in [3.05, 3.63) is 18.0 Å². The Hall–Kier alpha value is -1.25. The van der Waals surface area contributed by atoms with Gasteiger partial charge in [-0.05, 0) is 12.3 Å². The summed E-state index contributed by atoms with van der Waals surface area (Å²) in [7, 11) is 0. The summed E-state index contributed by atoms with van der Waals surface area (Å²) < 4.78 is 0. The third-order valence-corrected chi connectivity index (χ3v) is 2.66. The van der Waals surface area contributed by atoms with Crippen LogP contribution in [0.1, 0.15) is 20.3 Å². The maximum Gasteiger partial charge on any atom is 0.322 e. The first-order chi connectivity index (χ1) is 7.54. The molecule has 0 saturated carbocycles. The van der Waals surface area contributed by atoms with E-state index >= 15 is 0 Å². The Kier molecular flexibility index (Phi) is 4.59. The standard InChI is InChI=1S/C12H20N2O2/c1-4-10(7-9(2)3)14-6-5-13-11(8-14)12(15)16/h9,11,13H,1,5-8H2,2-3H3,(H,15,16). The van der Waals surface area contributed by atoms with Crippen molar-refractivity contribution >= 4 is 5.97 Å². The fourth-order valence-corrected chi connectivity index (χ4v) is 1.86. The van der Waals surface area contributed by atoms with Crippen LogP contribution in [-0.2, 0) is 4.79 Å². The first-order valence-electron chi connectivity index (χ1n) is 5.64. The van der Waals surface area contributed by atoms with E-state index in [9.17, 15) is 4.79 Å². The second-order valence-corrected chi connectivity index (χ2v) is 4.51. The Balaban J connectivity index is 2.65. The Morgan fingerprint density at radius 3 is 2.88 bits per heavy atom. The minimum absolute atomic E-state index is 0.482. The highest BCUT2D eigenvalue weighted by molar-refractivity contribution is 5.73. The highest BCUT2D eigenvalue weighted by atomic mass is 16.4. The molecule has 1 heterocycles. The van der Waals surface area contributed by atoms with Gasteiger partial charge in [-0.3, -0.25) is 4.79 Å². The largest absolute Gasteiger partial charge is 0.480 e. The molecule has 1 rings (SSSR count). The predicted molar refractivity (Wildman–Crippen MR) is 63.1 cm³/mol. The highest BCUT2D eigenvalue weighted by Gasteiger charge is 2.25. The highest BCUT2D eigenvalue weighted by Crippen LogP contribution is 2.16. The normalized spacial score (nSPS) is 20.7. The number of hydrogen-bond donors (Lipinski definition) is 2. The first-order valence-corrected chi connectivity index (χ1v) is 5.64. The van der Waals surface area contributed by atoms with Crippen molar-refractivity contribution in [3.63, 3.8) is 0 Å². The Morgan fingerprint density at radius 1 is 1.69 bits per heavy atom. The van der Waals surface area contributed by atoms with Gasteiger partial charge < -0.3 is 15.3 Å². The first kappa shape index (κ1) is 12.8. The molecule has 1 unspecified atom stereocenters. The summed E-state index contributed by atoms with van der Waals surface area (Å²) in [4.78, 5) is 13.0. The van der Waals surface area contributed by atoms with E-state index in [2.05, 4.69) is 36.4 Å². The average molecular weight is 224 g/mol. The third kappa shape index (κ3) is 3.40. The summed E-state index contributed by atoms with van der Waals surface area (Å²) in [5, 5.41) is 11.9. The number of piperazine rings is 1. The molecule has 1 atom stereocenters. The van der Waals surface area contributed by atoms with Gasteiger partial charge in [0, 0.05) is 19.6 Å². The summed E-state index contributed by atoms with van der Waals surface area (Å²) in [5.74, 6) is -0.264. The number of carboxylic acids is 1. The second kappa shape index (κ2) is 5.73. The molecule has 1 saturated heterocycles. The minimum Gasteiger partial charge on any atom is -0.480 e. The van der Waals surface area contributed by atoms with Crippen molar-refractivity contribution in [1.29, 1.82) is 0 Å². The number of carboxylic acid groups (broad SMARTS) is 1. The lowest BCUT2D eigenvalue weighted by molar-refractivity contribution is -0.140. The van der Waals surface area contributed by atoms with Gasteiger partial charge in [0.05, 0.1) is 5.70 Å². The van der Waals surface area contributed by atoms with Crippen molar-refractivity contribution in [2.75, 3.05) is 19.6 Å². The molecule has 16 heavy (non-hydrogen) atoms. The van der Waals surface area contributed by atoms with Gasteiger partial charge in [0.2, 0.25) is 0 Å². The lowest BCUT2D eigenvalue weighted by Crippen LogP contribution is -2.53. The molecule has 0 bridgehead atoms. The lowest BCUT2D eigenvalue weighted by atomic mass is 10.1. The molecule has 0 radical (unpaired) electrons. The van der Waals surface area contributed by atoms with Crippen LogP contribution < -0.4 is 5.32 Å². The fourth-order valence-electron chi connectivity index (χ4n) is 1.86. The molecule has 1 aliphatic heterocycles. The average Bonchev–Trinajstić information content (AvgIpc) is 2.25. The molecule has 0 aliphatic carbocycles. The van der Waals surface area contributed by atoms with E-state index in [0.29, 0.717) is 19.0 Å². The van der Waals surface area contributed by atoms with Crippen LogP contribution in [0.25, 0.3) is 0 Å². The lowest BCUT2D eigenvalue weighted by Gasteiger charge is -2.34. The summed E-state index contributed by atoms with van der Waals surface area (Å²) in [5.41, 5.74) is 3.96. The van der Waals surface area contributed by atoms with Crippen LogP contribution >= 0.6 is 0 Å². The number of carbonyl (C=O) groups is 1. The van der Waals surface area contributed by atoms with Crippen molar-refractivity contribution in [2.45, 2.75) is 26.3 Å². The molecule has 4 nitrogen and oxygen atoms in total. The Labute approximate surface area is 96.6 Å².